The maximum atomic E-state index is 12.7. The van der Waals surface area contributed by atoms with Crippen molar-refractivity contribution in [1.29, 1.82) is 0 Å². The minimum atomic E-state index is -0.0665. The second kappa shape index (κ2) is 10.6. The Kier molecular flexibility index (Phi) is 7.88. The molecule has 0 spiro atoms. The van der Waals surface area contributed by atoms with Gasteiger partial charge in [-0.25, -0.2) is 0 Å². The molecule has 0 aliphatic carbocycles. The molecule has 1 aliphatic rings. The average Bonchev–Trinajstić information content (AvgIpc) is 2.75. The lowest BCUT2D eigenvalue weighted by molar-refractivity contribution is 0.0162. The summed E-state index contributed by atoms with van der Waals surface area (Å²) in [5, 5.41) is 3.13. The summed E-state index contributed by atoms with van der Waals surface area (Å²) in [5.74, 6) is 1.21. The molecule has 1 N–H and O–H groups in total. The molecule has 0 aromatic heterocycles. The second-order valence-electron chi connectivity index (χ2n) is 8.39. The van der Waals surface area contributed by atoms with E-state index in [-0.39, 0.29) is 18.1 Å². The summed E-state index contributed by atoms with van der Waals surface area (Å²) in [6.45, 7) is 12.1. The summed E-state index contributed by atoms with van der Waals surface area (Å²) in [6.07, 6.45) is 0.112. The highest BCUT2D eigenvalue weighted by Gasteiger charge is 2.23. The molecule has 5 nitrogen and oxygen atoms in total. The van der Waals surface area contributed by atoms with Crippen LogP contribution in [0.5, 0.6) is 5.75 Å². The number of carbonyl (C=O) groups excluding carboxylic acids is 1. The Labute approximate surface area is 180 Å². The first-order valence-electron chi connectivity index (χ1n) is 10.9. The van der Waals surface area contributed by atoms with Gasteiger partial charge in [0.2, 0.25) is 0 Å². The third-order valence-electron chi connectivity index (χ3n) is 5.42. The standard InChI is InChI=1S/C25H34N2O3/c1-18(2)20-5-7-21(8-6-20)24(27-13-15-29-16-14-27)17-26-25(28)22-9-11-23(12-10-22)30-19(3)4/h5-12,18-19,24H,13-17H2,1-4H3,(H,26,28)/t24-/m1/s1. The molecule has 30 heavy (non-hydrogen) atoms. The Morgan fingerprint density at radius 3 is 2.13 bits per heavy atom. The molecule has 1 atom stereocenters. The molecule has 0 saturated carbocycles. The van der Waals surface area contributed by atoms with Crippen molar-refractivity contribution in [2.24, 2.45) is 0 Å². The molecule has 2 aromatic rings. The molecule has 5 heteroatoms. The summed E-state index contributed by atoms with van der Waals surface area (Å²) in [5.41, 5.74) is 3.19. The van der Waals surface area contributed by atoms with Crippen molar-refractivity contribution in [3.8, 4) is 5.75 Å². The zero-order valence-corrected chi connectivity index (χ0v) is 18.6. The van der Waals surface area contributed by atoms with Crippen molar-refractivity contribution < 1.29 is 14.3 Å². The quantitative estimate of drug-likeness (QED) is 0.701. The lowest BCUT2D eigenvalue weighted by atomic mass is 9.98. The second-order valence-corrected chi connectivity index (χ2v) is 8.39. The lowest BCUT2D eigenvalue weighted by Crippen LogP contribution is -2.43. The molecule has 1 aliphatic heterocycles. The van der Waals surface area contributed by atoms with Crippen molar-refractivity contribution in [1.82, 2.24) is 10.2 Å². The van der Waals surface area contributed by atoms with E-state index in [9.17, 15) is 4.79 Å². The van der Waals surface area contributed by atoms with Gasteiger partial charge in [0.05, 0.1) is 25.4 Å². The predicted molar refractivity (Wildman–Crippen MR) is 120 cm³/mol. The van der Waals surface area contributed by atoms with Crippen LogP contribution in [-0.4, -0.2) is 49.8 Å². The zero-order valence-electron chi connectivity index (χ0n) is 18.6. The summed E-state index contributed by atoms with van der Waals surface area (Å²) >= 11 is 0. The fourth-order valence-corrected chi connectivity index (χ4v) is 3.70. The fourth-order valence-electron chi connectivity index (χ4n) is 3.70. The molecular formula is C25H34N2O3. The maximum Gasteiger partial charge on any atom is 0.251 e. The van der Waals surface area contributed by atoms with Gasteiger partial charge < -0.3 is 14.8 Å². The number of nitrogens with zero attached hydrogens (tertiary/aromatic N) is 1. The van der Waals surface area contributed by atoms with E-state index in [0.717, 1.165) is 32.1 Å². The van der Waals surface area contributed by atoms with Gasteiger partial charge in [-0.1, -0.05) is 38.1 Å². The molecule has 1 heterocycles. The minimum absolute atomic E-state index is 0.0665. The highest BCUT2D eigenvalue weighted by atomic mass is 16.5. The molecular weight excluding hydrogens is 376 g/mol. The molecule has 0 bridgehead atoms. The molecule has 3 rings (SSSR count). The number of ether oxygens (including phenoxy) is 2. The number of rotatable bonds is 8. The van der Waals surface area contributed by atoms with Crippen LogP contribution in [0.1, 0.15) is 61.1 Å². The van der Waals surface area contributed by atoms with Gasteiger partial charge in [0.15, 0.2) is 0 Å². The highest BCUT2D eigenvalue weighted by Crippen LogP contribution is 2.24. The van der Waals surface area contributed by atoms with E-state index in [1.807, 2.05) is 38.1 Å². The van der Waals surface area contributed by atoms with Crippen LogP contribution in [0, 0.1) is 0 Å². The van der Waals surface area contributed by atoms with Crippen LogP contribution in [-0.2, 0) is 4.74 Å². The largest absolute Gasteiger partial charge is 0.491 e. The van der Waals surface area contributed by atoms with Crippen LogP contribution in [0.2, 0.25) is 0 Å². The predicted octanol–water partition coefficient (Wildman–Crippen LogP) is 4.40. The van der Waals surface area contributed by atoms with Crippen LogP contribution >= 0.6 is 0 Å². The van der Waals surface area contributed by atoms with Crippen molar-refractivity contribution in [2.75, 3.05) is 32.8 Å². The molecule has 0 unspecified atom stereocenters. The van der Waals surface area contributed by atoms with Crippen molar-refractivity contribution in [3.63, 3.8) is 0 Å². The van der Waals surface area contributed by atoms with E-state index >= 15 is 0 Å². The number of hydrogen-bond acceptors (Lipinski definition) is 4. The highest BCUT2D eigenvalue weighted by molar-refractivity contribution is 5.94. The fraction of sp³-hybridized carbons (Fsp3) is 0.480. The zero-order chi connectivity index (χ0) is 21.5. The van der Waals surface area contributed by atoms with Crippen LogP contribution in [0.4, 0.5) is 0 Å². The van der Waals surface area contributed by atoms with E-state index in [1.165, 1.54) is 11.1 Å². The molecule has 1 fully saturated rings. The third-order valence-corrected chi connectivity index (χ3v) is 5.42. The Bertz CT molecular complexity index is 794. The number of amides is 1. The number of hydrogen-bond donors (Lipinski definition) is 1. The van der Waals surface area contributed by atoms with Crippen LogP contribution in [0.3, 0.4) is 0 Å². The first-order valence-corrected chi connectivity index (χ1v) is 10.9. The van der Waals surface area contributed by atoms with Crippen molar-refractivity contribution in [3.05, 3.63) is 65.2 Å². The monoisotopic (exact) mass is 410 g/mol. The van der Waals surface area contributed by atoms with E-state index in [1.54, 1.807) is 0 Å². The molecule has 162 valence electrons. The Hall–Kier alpha value is -2.37. The van der Waals surface area contributed by atoms with Crippen LogP contribution < -0.4 is 10.1 Å². The van der Waals surface area contributed by atoms with Gasteiger partial charge in [0.1, 0.15) is 5.75 Å². The first-order chi connectivity index (χ1) is 14.4. The Balaban J connectivity index is 1.69. The minimum Gasteiger partial charge on any atom is -0.491 e. The van der Waals surface area contributed by atoms with Gasteiger partial charge in [-0.05, 0) is 55.2 Å². The summed E-state index contributed by atoms with van der Waals surface area (Å²) in [4.78, 5) is 15.1. The van der Waals surface area contributed by atoms with Crippen molar-refractivity contribution >= 4 is 5.91 Å². The Morgan fingerprint density at radius 1 is 0.967 bits per heavy atom. The van der Waals surface area contributed by atoms with Crippen LogP contribution in [0.25, 0.3) is 0 Å². The number of benzene rings is 2. The molecule has 0 radical (unpaired) electrons. The molecule has 1 amide bonds. The third kappa shape index (κ3) is 6.07. The van der Waals surface area contributed by atoms with Gasteiger partial charge in [0.25, 0.3) is 5.91 Å². The maximum absolute atomic E-state index is 12.7. The molecule has 1 saturated heterocycles. The van der Waals surface area contributed by atoms with Gasteiger partial charge in [-0.2, -0.15) is 0 Å². The van der Waals surface area contributed by atoms with Gasteiger partial charge in [0, 0.05) is 25.2 Å². The number of morpholine rings is 1. The normalized spacial score (nSPS) is 15.9. The molecule has 2 aromatic carbocycles. The Morgan fingerprint density at radius 2 is 1.57 bits per heavy atom. The lowest BCUT2D eigenvalue weighted by Gasteiger charge is -2.35. The topological polar surface area (TPSA) is 50.8 Å². The van der Waals surface area contributed by atoms with Crippen molar-refractivity contribution in [2.45, 2.75) is 45.8 Å². The number of nitrogens with one attached hydrogen (secondary N) is 1. The SMILES string of the molecule is CC(C)Oc1ccc(C(=O)NC[C@H](c2ccc(C(C)C)cc2)N2CCOCC2)cc1. The van der Waals surface area contributed by atoms with Crippen LogP contribution in [0.15, 0.2) is 48.5 Å². The van der Waals surface area contributed by atoms with Gasteiger partial charge in [-0.3, -0.25) is 9.69 Å². The van der Waals surface area contributed by atoms with Gasteiger partial charge in [-0.15, -0.1) is 0 Å². The van der Waals surface area contributed by atoms with E-state index in [4.69, 9.17) is 9.47 Å². The van der Waals surface area contributed by atoms with E-state index in [0.29, 0.717) is 18.0 Å². The smallest absolute Gasteiger partial charge is 0.251 e. The number of carbonyl (C=O) groups is 1. The van der Waals surface area contributed by atoms with E-state index in [2.05, 4.69) is 48.3 Å². The van der Waals surface area contributed by atoms with Gasteiger partial charge >= 0.3 is 0 Å². The summed E-state index contributed by atoms with van der Waals surface area (Å²) in [6, 6.07) is 16.2. The average molecular weight is 411 g/mol. The van der Waals surface area contributed by atoms with E-state index < -0.39 is 0 Å². The summed E-state index contributed by atoms with van der Waals surface area (Å²) < 4.78 is 11.2. The summed E-state index contributed by atoms with van der Waals surface area (Å²) in [7, 11) is 0. The first kappa shape index (κ1) is 22.3.